The third kappa shape index (κ3) is 5.70. The molecule has 0 aliphatic rings. The molecule has 0 bridgehead atoms. The van der Waals surface area contributed by atoms with E-state index in [1.54, 1.807) is 13.0 Å². The number of hydrogen-bond donors (Lipinski definition) is 2. The Morgan fingerprint density at radius 3 is 2.27 bits per heavy atom. The van der Waals surface area contributed by atoms with Gasteiger partial charge in [0.25, 0.3) is 5.91 Å². The van der Waals surface area contributed by atoms with Crippen LogP contribution in [0.4, 0.5) is 0 Å². The van der Waals surface area contributed by atoms with E-state index in [9.17, 15) is 18.0 Å². The van der Waals surface area contributed by atoms with Gasteiger partial charge in [-0.2, -0.15) is 0 Å². The van der Waals surface area contributed by atoms with Crippen LogP contribution >= 0.6 is 0 Å². The van der Waals surface area contributed by atoms with Gasteiger partial charge in [0.2, 0.25) is 5.91 Å². The smallest absolute Gasteiger partial charge is 0.251 e. The second-order valence-corrected chi connectivity index (χ2v) is 8.03. The molecular formula is C19H22N2O4S. The molecule has 2 rings (SSSR count). The normalized spacial score (nSPS) is 11.0. The molecule has 0 saturated heterocycles. The topological polar surface area (TPSA) is 92.3 Å². The molecule has 0 unspecified atom stereocenters. The highest BCUT2D eigenvalue weighted by Crippen LogP contribution is 2.15. The van der Waals surface area contributed by atoms with Gasteiger partial charge >= 0.3 is 0 Å². The van der Waals surface area contributed by atoms with Crippen LogP contribution in [-0.2, 0) is 21.1 Å². The molecule has 0 atom stereocenters. The van der Waals surface area contributed by atoms with E-state index in [2.05, 4.69) is 10.6 Å². The predicted octanol–water partition coefficient (Wildman–Crippen LogP) is 1.49. The second-order valence-electron chi connectivity index (χ2n) is 6.02. The molecule has 0 fully saturated rings. The van der Waals surface area contributed by atoms with E-state index in [0.29, 0.717) is 17.7 Å². The minimum atomic E-state index is -3.38. The van der Waals surface area contributed by atoms with Crippen molar-refractivity contribution in [2.45, 2.75) is 18.2 Å². The lowest BCUT2D eigenvalue weighted by Crippen LogP contribution is -2.35. The Kier molecular flexibility index (Phi) is 6.52. The molecule has 0 saturated carbocycles. The summed E-state index contributed by atoms with van der Waals surface area (Å²) in [5.74, 6) is -0.494. The van der Waals surface area contributed by atoms with Gasteiger partial charge < -0.3 is 10.6 Å². The molecule has 0 spiro atoms. The number of rotatable bonds is 7. The van der Waals surface area contributed by atoms with Crippen molar-refractivity contribution in [1.29, 1.82) is 0 Å². The van der Waals surface area contributed by atoms with E-state index in [-0.39, 0.29) is 29.7 Å². The number of amides is 2. The monoisotopic (exact) mass is 374 g/mol. The summed E-state index contributed by atoms with van der Waals surface area (Å²) in [6.45, 7) is 2.28. The van der Waals surface area contributed by atoms with Crippen LogP contribution in [0.15, 0.2) is 53.4 Å². The van der Waals surface area contributed by atoms with Crippen molar-refractivity contribution in [2.24, 2.45) is 0 Å². The lowest BCUT2D eigenvalue weighted by atomic mass is 10.1. The van der Waals surface area contributed by atoms with E-state index < -0.39 is 9.84 Å². The molecule has 2 aromatic carbocycles. The van der Waals surface area contributed by atoms with Crippen LogP contribution in [0.3, 0.4) is 0 Å². The number of nitrogens with one attached hydrogen (secondary N) is 2. The van der Waals surface area contributed by atoms with Crippen LogP contribution in [-0.4, -0.2) is 39.6 Å². The molecule has 2 N–H and O–H groups in total. The Morgan fingerprint density at radius 2 is 1.62 bits per heavy atom. The van der Waals surface area contributed by atoms with Crippen molar-refractivity contribution in [3.8, 4) is 0 Å². The molecule has 6 nitrogen and oxygen atoms in total. The molecule has 7 heteroatoms. The quantitative estimate of drug-likeness (QED) is 0.718. The summed E-state index contributed by atoms with van der Waals surface area (Å²) in [6.07, 6.45) is 1.38. The maximum Gasteiger partial charge on any atom is 0.251 e. The van der Waals surface area contributed by atoms with Gasteiger partial charge in [-0.15, -0.1) is 0 Å². The lowest BCUT2D eigenvalue weighted by molar-refractivity contribution is -0.120. The van der Waals surface area contributed by atoms with E-state index in [0.717, 1.165) is 11.8 Å². The molecule has 2 aromatic rings. The van der Waals surface area contributed by atoms with Crippen molar-refractivity contribution in [3.05, 3.63) is 65.2 Å². The third-order valence-corrected chi connectivity index (χ3v) is 4.93. The second kappa shape index (κ2) is 8.62. The number of aryl methyl sites for hydroxylation is 1. The number of hydrogen-bond acceptors (Lipinski definition) is 4. The highest BCUT2D eigenvalue weighted by molar-refractivity contribution is 7.90. The summed E-state index contributed by atoms with van der Waals surface area (Å²) in [6, 6.07) is 13.8. The standard InChI is InChI=1S/C19H22N2O4S/c1-14-8-9-16(26(2,24)25)13-17(14)19(23)21-11-10-20-18(22)12-15-6-4-3-5-7-15/h3-9,13H,10-12H2,1-2H3,(H,20,22)(H,21,23). The summed E-state index contributed by atoms with van der Waals surface area (Å²) in [7, 11) is -3.38. The Morgan fingerprint density at radius 1 is 0.962 bits per heavy atom. The average Bonchev–Trinajstić information content (AvgIpc) is 2.58. The molecule has 2 amide bonds. The zero-order valence-corrected chi connectivity index (χ0v) is 15.6. The predicted molar refractivity (Wildman–Crippen MR) is 99.8 cm³/mol. The fourth-order valence-corrected chi connectivity index (χ4v) is 3.04. The molecule has 0 aromatic heterocycles. The molecule has 26 heavy (non-hydrogen) atoms. The third-order valence-electron chi connectivity index (χ3n) is 3.82. The van der Waals surface area contributed by atoms with Gasteiger partial charge in [0.1, 0.15) is 0 Å². The number of sulfone groups is 1. The van der Waals surface area contributed by atoms with Gasteiger partial charge in [0.15, 0.2) is 9.84 Å². The van der Waals surface area contributed by atoms with Crippen molar-refractivity contribution in [1.82, 2.24) is 10.6 Å². The first-order valence-corrected chi connectivity index (χ1v) is 10.1. The molecule has 0 radical (unpaired) electrons. The Bertz CT molecular complexity index is 893. The first-order valence-electron chi connectivity index (χ1n) is 8.17. The zero-order valence-electron chi connectivity index (χ0n) is 14.8. The summed E-state index contributed by atoms with van der Waals surface area (Å²) < 4.78 is 23.3. The van der Waals surface area contributed by atoms with Gasteiger partial charge in [-0.25, -0.2) is 8.42 Å². The Hall–Kier alpha value is -2.67. The summed E-state index contributed by atoms with van der Waals surface area (Å²) in [4.78, 5) is 24.2. The molecule has 0 aliphatic carbocycles. The number of benzene rings is 2. The maximum atomic E-state index is 12.3. The fourth-order valence-electron chi connectivity index (χ4n) is 2.39. The summed E-state index contributed by atoms with van der Waals surface area (Å²) in [5, 5.41) is 5.43. The van der Waals surface area contributed by atoms with Crippen molar-refractivity contribution in [3.63, 3.8) is 0 Å². The minimum Gasteiger partial charge on any atom is -0.354 e. The number of carbonyl (C=O) groups excluding carboxylic acids is 2. The van der Waals surface area contributed by atoms with Gasteiger partial charge in [-0.3, -0.25) is 9.59 Å². The molecule has 138 valence electrons. The van der Waals surface area contributed by atoms with E-state index in [1.165, 1.54) is 12.1 Å². The highest BCUT2D eigenvalue weighted by atomic mass is 32.2. The highest BCUT2D eigenvalue weighted by Gasteiger charge is 2.14. The van der Waals surface area contributed by atoms with Crippen LogP contribution in [0.5, 0.6) is 0 Å². The summed E-state index contributed by atoms with van der Waals surface area (Å²) >= 11 is 0. The van der Waals surface area contributed by atoms with Crippen molar-refractivity contribution < 1.29 is 18.0 Å². The molecule has 0 heterocycles. The van der Waals surface area contributed by atoms with Crippen LogP contribution in [0.2, 0.25) is 0 Å². The van der Waals surface area contributed by atoms with Crippen molar-refractivity contribution in [2.75, 3.05) is 19.3 Å². The zero-order chi connectivity index (χ0) is 19.2. The first kappa shape index (κ1) is 19.7. The van der Waals surface area contributed by atoms with Gasteiger partial charge in [-0.1, -0.05) is 36.4 Å². The fraction of sp³-hybridized carbons (Fsp3) is 0.263. The van der Waals surface area contributed by atoms with E-state index >= 15 is 0 Å². The maximum absolute atomic E-state index is 12.3. The average molecular weight is 374 g/mol. The van der Waals surface area contributed by atoms with Crippen LogP contribution < -0.4 is 10.6 Å². The van der Waals surface area contributed by atoms with Gasteiger partial charge in [0, 0.05) is 24.9 Å². The molecule has 0 aliphatic heterocycles. The van der Waals surface area contributed by atoms with Gasteiger partial charge in [0.05, 0.1) is 11.3 Å². The van der Waals surface area contributed by atoms with Crippen LogP contribution in [0.1, 0.15) is 21.5 Å². The van der Waals surface area contributed by atoms with E-state index in [1.807, 2.05) is 30.3 Å². The van der Waals surface area contributed by atoms with Crippen LogP contribution in [0.25, 0.3) is 0 Å². The Balaban J connectivity index is 1.84. The summed E-state index contributed by atoms with van der Waals surface area (Å²) in [5.41, 5.74) is 1.91. The number of carbonyl (C=O) groups is 2. The Labute approximate surface area is 153 Å². The van der Waals surface area contributed by atoms with E-state index in [4.69, 9.17) is 0 Å². The lowest BCUT2D eigenvalue weighted by Gasteiger charge is -2.10. The molecular weight excluding hydrogens is 352 g/mol. The van der Waals surface area contributed by atoms with Crippen LogP contribution in [0, 0.1) is 6.92 Å². The SMILES string of the molecule is Cc1ccc(S(C)(=O)=O)cc1C(=O)NCCNC(=O)Cc1ccccc1. The van der Waals surface area contributed by atoms with Gasteiger partial charge in [-0.05, 0) is 30.2 Å². The minimum absolute atomic E-state index is 0.101. The largest absolute Gasteiger partial charge is 0.354 e. The first-order chi connectivity index (χ1) is 12.3. The van der Waals surface area contributed by atoms with Crippen molar-refractivity contribution >= 4 is 21.7 Å².